The lowest BCUT2D eigenvalue weighted by atomic mass is 9.96. The molecule has 19 nitrogen and oxygen atoms in total. The average molecular weight is 1190 g/mol. The third kappa shape index (κ3) is 12.9. The highest BCUT2D eigenvalue weighted by atomic mass is 32.2. The molecule has 10 rings (SSSR count). The van der Waals surface area contributed by atoms with E-state index in [-0.39, 0.29) is 75.9 Å². The summed E-state index contributed by atoms with van der Waals surface area (Å²) in [6.45, 7) is 5.52. The Kier molecular flexibility index (Phi) is 17.3. The lowest BCUT2D eigenvalue weighted by Gasteiger charge is -2.25. The van der Waals surface area contributed by atoms with Crippen molar-refractivity contribution in [3.05, 3.63) is 167 Å². The average Bonchev–Trinajstić information content (AvgIpc) is 1.68. The number of rotatable bonds is 22. The van der Waals surface area contributed by atoms with Crippen LogP contribution in [0, 0.1) is 17.6 Å². The van der Waals surface area contributed by atoms with Crippen molar-refractivity contribution in [2.24, 2.45) is 5.92 Å². The van der Waals surface area contributed by atoms with E-state index < -0.39 is 51.5 Å². The highest BCUT2D eigenvalue weighted by molar-refractivity contribution is 7.92. The summed E-state index contributed by atoms with van der Waals surface area (Å²) in [7, 11) is -2.62. The first kappa shape index (κ1) is 59.6. The predicted octanol–water partition coefficient (Wildman–Crippen LogP) is 9.93. The molecule has 6 aromatic carbocycles. The Morgan fingerprint density at radius 2 is 1.50 bits per heavy atom. The predicted molar refractivity (Wildman–Crippen MR) is 321 cm³/mol. The molecule has 9 aromatic rings. The van der Waals surface area contributed by atoms with Gasteiger partial charge in [-0.2, -0.15) is 0 Å². The maximum atomic E-state index is 14.0. The molecule has 6 N–H and O–H groups in total. The number of benzene rings is 6. The second-order valence-corrected chi connectivity index (χ2v) is 23.5. The second kappa shape index (κ2) is 25.0. The molecule has 86 heavy (non-hydrogen) atoms. The fourth-order valence-electron chi connectivity index (χ4n) is 10.4. The number of aldehydes is 1. The van der Waals surface area contributed by atoms with Crippen molar-refractivity contribution in [1.82, 2.24) is 26.4 Å². The number of furan rings is 2. The molecular weight excluding hydrogens is 1130 g/mol. The number of hydrogen-bond acceptors (Lipinski definition) is 14. The van der Waals surface area contributed by atoms with Crippen LogP contribution in [0.25, 0.3) is 66.8 Å². The molecule has 444 valence electrons. The quantitative estimate of drug-likeness (QED) is 0.0345. The summed E-state index contributed by atoms with van der Waals surface area (Å²) in [4.78, 5) is 67.7. The first-order valence-corrected chi connectivity index (χ1v) is 29.5. The van der Waals surface area contributed by atoms with E-state index in [2.05, 4.69) is 31.7 Å². The monoisotopic (exact) mass is 1190 g/mol. The number of nitrogens with one attached hydrogen (secondary N) is 5. The number of hydrogen-bond donors (Lipinski definition) is 6. The Morgan fingerprint density at radius 1 is 0.814 bits per heavy atom. The van der Waals surface area contributed by atoms with Crippen molar-refractivity contribution < 1.29 is 64.4 Å². The minimum Gasteiger partial charge on any atom is -0.491 e. The minimum absolute atomic E-state index is 0.00356. The second-order valence-electron chi connectivity index (χ2n) is 21.6. The molecule has 1 saturated heterocycles. The van der Waals surface area contributed by atoms with Crippen LogP contribution in [-0.4, -0.2) is 106 Å². The van der Waals surface area contributed by atoms with Gasteiger partial charge in [0.1, 0.15) is 52.2 Å². The maximum absolute atomic E-state index is 14.0. The zero-order chi connectivity index (χ0) is 61.0. The number of halogens is 2. The van der Waals surface area contributed by atoms with Crippen LogP contribution in [0.4, 0.5) is 20.4 Å². The topological polar surface area (TPSA) is 265 Å². The summed E-state index contributed by atoms with van der Waals surface area (Å²) >= 11 is 0. The van der Waals surface area contributed by atoms with Gasteiger partial charge in [0.15, 0.2) is 6.29 Å². The van der Waals surface area contributed by atoms with E-state index in [1.165, 1.54) is 75.5 Å². The number of fused-ring (bicyclic) bond motifs is 2. The van der Waals surface area contributed by atoms with Gasteiger partial charge in [-0.3, -0.25) is 33.6 Å². The molecule has 4 heterocycles. The van der Waals surface area contributed by atoms with E-state index in [9.17, 15) is 46.3 Å². The molecule has 3 aromatic heterocycles. The van der Waals surface area contributed by atoms with Crippen LogP contribution >= 0.6 is 0 Å². The van der Waals surface area contributed by atoms with Crippen molar-refractivity contribution >= 4 is 73.4 Å². The maximum Gasteiger partial charge on any atom is 0.255 e. The number of anilines is 2. The zero-order valence-corrected chi connectivity index (χ0v) is 48.3. The summed E-state index contributed by atoms with van der Waals surface area (Å²) in [6, 6.07) is 32.4. The first-order valence-electron chi connectivity index (χ1n) is 27.7. The Hall–Kier alpha value is -9.51. The van der Waals surface area contributed by atoms with E-state index in [0.29, 0.717) is 86.4 Å². The summed E-state index contributed by atoms with van der Waals surface area (Å²) in [5.41, 5.74) is 3.15. The lowest BCUT2D eigenvalue weighted by molar-refractivity contribution is -0.121. The number of ether oxygens (including phenoxy) is 1. The van der Waals surface area contributed by atoms with Crippen LogP contribution in [0.3, 0.4) is 0 Å². The number of sulfonamides is 1. The van der Waals surface area contributed by atoms with Gasteiger partial charge >= 0.3 is 0 Å². The SMILES string of the molecule is CNC(=O)c1c(-c2ccc(F)cc2)oc2cc(N(CCO)S(C)(=O)=O)c(-c3cccc(C(=O)NC(C)(C)C(=O)Nc4cc(CC(C)CNC(=O)c5ccc(OCC6CCCN6)c(-c6ccc7oc(-c8ccc(F)cc8)c(C=O)c7c6)c5)no4)c3)cc12. The molecule has 1 fully saturated rings. The Bertz CT molecular complexity index is 4170. The standard InChI is InChI=1S/C64H61F2N7O12S/c1-36(33-69-60(76)42-16-21-53(82-35-45-10-7-23-68-45)48(29-42)40-15-22-54-49(28-40)51(34-75)58(83-54)37-11-17-43(65)18-12-37)26-46-30-56(85-72-46)70-63(79)64(2,3)71-61(77)41-9-6-8-39(27-41)47-31-50-55(32-52(47)73(24-25-74)86(5,80)81)84-59(57(50)62(78)67-4)38-13-19-44(66)20-14-38/h6,8-9,11-22,27-32,34,36,45,68,74H,7,10,23-26,33,35H2,1-5H3,(H,67,78)(H,69,76)(H,70,79)(H,71,77). The summed E-state index contributed by atoms with van der Waals surface area (Å²) in [6.07, 6.45) is 4.02. The van der Waals surface area contributed by atoms with Crippen LogP contribution in [0.2, 0.25) is 0 Å². The molecule has 1 aliphatic rings. The highest BCUT2D eigenvalue weighted by Crippen LogP contribution is 2.43. The molecule has 2 unspecified atom stereocenters. The van der Waals surface area contributed by atoms with Gasteiger partial charge in [0.2, 0.25) is 15.9 Å². The van der Waals surface area contributed by atoms with Crippen LogP contribution in [0.15, 0.2) is 141 Å². The molecule has 1 aliphatic heterocycles. The van der Waals surface area contributed by atoms with E-state index >= 15 is 0 Å². The van der Waals surface area contributed by atoms with Crippen LogP contribution in [-0.2, 0) is 21.2 Å². The number of amides is 4. The smallest absolute Gasteiger partial charge is 0.255 e. The number of aliphatic hydroxyl groups is 1. The van der Waals surface area contributed by atoms with Crippen molar-refractivity contribution in [3.63, 3.8) is 0 Å². The van der Waals surface area contributed by atoms with Crippen LogP contribution in [0.5, 0.6) is 5.75 Å². The molecule has 0 spiro atoms. The molecule has 0 bridgehead atoms. The number of nitrogens with zero attached hydrogens (tertiary/aromatic N) is 2. The highest BCUT2D eigenvalue weighted by Gasteiger charge is 2.33. The molecule has 2 atom stereocenters. The molecule has 22 heteroatoms. The van der Waals surface area contributed by atoms with Gasteiger partial charge in [-0.25, -0.2) is 17.2 Å². The normalized spacial score (nSPS) is 13.8. The molecule has 0 radical (unpaired) electrons. The summed E-state index contributed by atoms with van der Waals surface area (Å²) in [5, 5.41) is 29.4. The Balaban J connectivity index is 0.811. The van der Waals surface area contributed by atoms with Gasteiger partial charge < -0.3 is 44.5 Å². The van der Waals surface area contributed by atoms with Gasteiger partial charge in [0.05, 0.1) is 41.9 Å². The molecule has 4 amide bonds. The van der Waals surface area contributed by atoms with Crippen molar-refractivity contribution in [1.29, 1.82) is 0 Å². The van der Waals surface area contributed by atoms with Gasteiger partial charge in [-0.1, -0.05) is 30.3 Å². The number of aliphatic hydroxyl groups excluding tert-OH is 1. The molecule has 0 saturated carbocycles. The molecular formula is C64H61F2N7O12S. The molecule has 0 aliphatic carbocycles. The first-order chi connectivity index (χ1) is 41.2. The van der Waals surface area contributed by atoms with E-state index in [0.717, 1.165) is 29.9 Å². The third-order valence-corrected chi connectivity index (χ3v) is 16.0. The van der Waals surface area contributed by atoms with Crippen molar-refractivity contribution in [3.8, 4) is 50.7 Å². The van der Waals surface area contributed by atoms with E-state index in [1.807, 2.05) is 19.1 Å². The minimum atomic E-state index is -4.05. The number of carbonyl (C=O) groups is 5. The van der Waals surface area contributed by atoms with Gasteiger partial charge in [0.25, 0.3) is 23.6 Å². The Labute approximate surface area is 493 Å². The fourth-order valence-corrected chi connectivity index (χ4v) is 11.3. The van der Waals surface area contributed by atoms with Crippen molar-refractivity contribution in [2.45, 2.75) is 51.6 Å². The summed E-state index contributed by atoms with van der Waals surface area (Å²) in [5.74, 6) is -2.38. The third-order valence-electron chi connectivity index (χ3n) is 14.8. The van der Waals surface area contributed by atoms with Crippen LogP contribution < -0.4 is 35.6 Å². The largest absolute Gasteiger partial charge is 0.491 e. The number of aromatic nitrogens is 1. The zero-order valence-electron chi connectivity index (χ0n) is 47.5. The lowest BCUT2D eigenvalue weighted by Crippen LogP contribution is -2.52. The number of carbonyl (C=O) groups excluding carboxylic acids is 5. The van der Waals surface area contributed by atoms with Gasteiger partial charge in [0, 0.05) is 75.9 Å². The van der Waals surface area contributed by atoms with Gasteiger partial charge in [-0.05, 0) is 154 Å². The fraction of sp³-hybridized carbons (Fsp3) is 0.250. The van der Waals surface area contributed by atoms with Gasteiger partial charge in [-0.15, -0.1) is 0 Å². The Morgan fingerprint density at radius 3 is 2.17 bits per heavy atom. The van der Waals surface area contributed by atoms with E-state index in [1.54, 1.807) is 60.7 Å². The van der Waals surface area contributed by atoms with Crippen LogP contribution in [0.1, 0.15) is 80.7 Å². The summed E-state index contributed by atoms with van der Waals surface area (Å²) < 4.78 is 79.5. The van der Waals surface area contributed by atoms with Crippen molar-refractivity contribution in [2.75, 3.05) is 55.8 Å². The van der Waals surface area contributed by atoms with E-state index in [4.69, 9.17) is 18.1 Å².